The van der Waals surface area contributed by atoms with Crippen molar-refractivity contribution in [1.82, 2.24) is 10.1 Å². The molecule has 3 rings (SSSR count). The van der Waals surface area contributed by atoms with Crippen LogP contribution in [-0.2, 0) is 11.3 Å². The van der Waals surface area contributed by atoms with Crippen molar-refractivity contribution in [3.8, 4) is 22.9 Å². The average molecular weight is 390 g/mol. The van der Waals surface area contributed by atoms with Gasteiger partial charge in [-0.3, -0.25) is 0 Å². The number of alkyl halides is 2. The molecule has 0 aliphatic heterocycles. The molecule has 0 saturated carbocycles. The molecule has 1 aromatic heterocycles. The maximum atomic E-state index is 12.4. The fraction of sp³-hybridized carbons (Fsp3) is 0.211. The number of carbonyl (C=O) groups is 1. The van der Waals surface area contributed by atoms with Crippen LogP contribution in [0.5, 0.6) is 11.5 Å². The van der Waals surface area contributed by atoms with Gasteiger partial charge >= 0.3 is 12.6 Å². The third kappa shape index (κ3) is 4.43. The summed E-state index contributed by atoms with van der Waals surface area (Å²) in [5.41, 5.74) is 1.88. The van der Waals surface area contributed by atoms with E-state index in [1.165, 1.54) is 25.3 Å². The molecular weight excluding hydrogens is 374 g/mol. The molecule has 2 aromatic carbocycles. The van der Waals surface area contributed by atoms with E-state index >= 15 is 0 Å². The summed E-state index contributed by atoms with van der Waals surface area (Å²) < 4.78 is 44.2. The van der Waals surface area contributed by atoms with Gasteiger partial charge in [0.25, 0.3) is 5.89 Å². The largest absolute Gasteiger partial charge is 0.493 e. The van der Waals surface area contributed by atoms with Gasteiger partial charge in [-0.15, -0.1) is 0 Å². The van der Waals surface area contributed by atoms with Crippen LogP contribution in [0.3, 0.4) is 0 Å². The minimum absolute atomic E-state index is 0.0191. The Labute approximate surface area is 158 Å². The highest BCUT2D eigenvalue weighted by Crippen LogP contribution is 2.29. The average Bonchev–Trinajstić information content (AvgIpc) is 3.15. The van der Waals surface area contributed by atoms with E-state index < -0.39 is 12.6 Å². The lowest BCUT2D eigenvalue weighted by Crippen LogP contribution is -2.07. The minimum Gasteiger partial charge on any atom is -0.493 e. The van der Waals surface area contributed by atoms with Crippen molar-refractivity contribution in [3.05, 3.63) is 59.5 Å². The Bertz CT molecular complexity index is 974. The highest BCUT2D eigenvalue weighted by Gasteiger charge is 2.17. The molecule has 0 atom stereocenters. The van der Waals surface area contributed by atoms with Crippen molar-refractivity contribution in [3.63, 3.8) is 0 Å². The van der Waals surface area contributed by atoms with E-state index in [9.17, 15) is 13.6 Å². The van der Waals surface area contributed by atoms with E-state index in [4.69, 9.17) is 14.0 Å². The zero-order valence-corrected chi connectivity index (χ0v) is 15.0. The van der Waals surface area contributed by atoms with Gasteiger partial charge in [0.15, 0.2) is 18.1 Å². The van der Waals surface area contributed by atoms with Gasteiger partial charge in [-0.1, -0.05) is 29.4 Å². The van der Waals surface area contributed by atoms with Crippen LogP contribution in [0.25, 0.3) is 11.4 Å². The van der Waals surface area contributed by atoms with Crippen molar-refractivity contribution in [1.29, 1.82) is 0 Å². The number of halogens is 2. The summed E-state index contributed by atoms with van der Waals surface area (Å²) in [6.45, 7) is -1.33. The summed E-state index contributed by atoms with van der Waals surface area (Å²) in [6, 6.07) is 11.2. The first kappa shape index (κ1) is 19.3. The molecule has 0 radical (unpaired) electrons. The van der Waals surface area contributed by atoms with Gasteiger partial charge in [0.2, 0.25) is 5.82 Å². The molecule has 9 heteroatoms. The zero-order valence-electron chi connectivity index (χ0n) is 15.0. The Morgan fingerprint density at radius 2 is 1.96 bits per heavy atom. The first-order valence-corrected chi connectivity index (χ1v) is 8.16. The maximum absolute atomic E-state index is 12.4. The van der Waals surface area contributed by atoms with Gasteiger partial charge in [-0.2, -0.15) is 13.8 Å². The quantitative estimate of drug-likeness (QED) is 0.564. The number of benzene rings is 2. The van der Waals surface area contributed by atoms with Crippen LogP contribution in [0.2, 0.25) is 0 Å². The summed E-state index contributed by atoms with van der Waals surface area (Å²) >= 11 is 0. The van der Waals surface area contributed by atoms with E-state index in [1.807, 2.05) is 31.2 Å². The number of aryl methyl sites for hydroxylation is 1. The van der Waals surface area contributed by atoms with Crippen molar-refractivity contribution in [2.45, 2.75) is 20.1 Å². The first-order chi connectivity index (χ1) is 13.5. The molecule has 28 heavy (non-hydrogen) atoms. The van der Waals surface area contributed by atoms with Crippen LogP contribution in [0, 0.1) is 6.92 Å². The summed E-state index contributed by atoms with van der Waals surface area (Å²) in [5.74, 6) is -0.406. The van der Waals surface area contributed by atoms with Crippen LogP contribution in [-0.4, -0.2) is 29.8 Å². The van der Waals surface area contributed by atoms with Crippen LogP contribution in [0.1, 0.15) is 21.8 Å². The normalized spacial score (nSPS) is 10.8. The molecule has 0 unspecified atom stereocenters. The van der Waals surface area contributed by atoms with E-state index in [2.05, 4.69) is 14.9 Å². The zero-order chi connectivity index (χ0) is 20.1. The monoisotopic (exact) mass is 390 g/mol. The van der Waals surface area contributed by atoms with Crippen molar-refractivity contribution in [2.24, 2.45) is 0 Å². The summed E-state index contributed by atoms with van der Waals surface area (Å²) in [7, 11) is 1.27. The topological polar surface area (TPSA) is 83.7 Å². The highest BCUT2D eigenvalue weighted by atomic mass is 19.3. The van der Waals surface area contributed by atoms with Gasteiger partial charge in [-0.25, -0.2) is 4.79 Å². The predicted molar refractivity (Wildman–Crippen MR) is 93.2 cm³/mol. The number of methoxy groups -OCH3 is 1. The van der Waals surface area contributed by atoms with Gasteiger partial charge in [0, 0.05) is 5.56 Å². The number of rotatable bonds is 7. The predicted octanol–water partition coefficient (Wildman–Crippen LogP) is 4.01. The Hall–Kier alpha value is -3.49. The molecule has 0 N–H and O–H groups in total. The van der Waals surface area contributed by atoms with Crippen LogP contribution in [0.15, 0.2) is 47.0 Å². The first-order valence-electron chi connectivity index (χ1n) is 8.16. The van der Waals surface area contributed by atoms with E-state index in [-0.39, 0.29) is 29.6 Å². The molecule has 7 nitrogen and oxygen atoms in total. The molecule has 0 amide bonds. The summed E-state index contributed by atoms with van der Waals surface area (Å²) in [6.07, 6.45) is 0. The Morgan fingerprint density at radius 3 is 2.68 bits per heavy atom. The lowest BCUT2D eigenvalue weighted by Gasteiger charge is -2.10. The van der Waals surface area contributed by atoms with Crippen molar-refractivity contribution in [2.75, 3.05) is 7.11 Å². The minimum atomic E-state index is -3.01. The fourth-order valence-corrected chi connectivity index (χ4v) is 2.45. The number of carbonyl (C=O) groups excluding carboxylic acids is 1. The van der Waals surface area contributed by atoms with Gasteiger partial charge in [-0.05, 0) is 30.7 Å². The van der Waals surface area contributed by atoms with Gasteiger partial charge in [0.1, 0.15) is 0 Å². The Morgan fingerprint density at radius 1 is 1.18 bits per heavy atom. The second-order valence-corrected chi connectivity index (χ2v) is 5.65. The number of aromatic nitrogens is 2. The molecule has 0 spiro atoms. The number of hydrogen-bond acceptors (Lipinski definition) is 7. The second kappa shape index (κ2) is 8.47. The lowest BCUT2D eigenvalue weighted by atomic mass is 10.1. The number of nitrogens with zero attached hydrogens (tertiary/aromatic N) is 2. The molecule has 0 bridgehead atoms. The lowest BCUT2D eigenvalue weighted by molar-refractivity contribution is -0.0512. The maximum Gasteiger partial charge on any atom is 0.387 e. The SMILES string of the molecule is COc1cc(C(=O)OCc2nc(-c3ccccc3C)no2)ccc1OC(F)F. The van der Waals surface area contributed by atoms with Crippen LogP contribution >= 0.6 is 0 Å². The van der Waals surface area contributed by atoms with E-state index in [0.29, 0.717) is 5.82 Å². The second-order valence-electron chi connectivity index (χ2n) is 5.65. The number of ether oxygens (including phenoxy) is 3. The molecule has 0 aliphatic rings. The smallest absolute Gasteiger partial charge is 0.387 e. The van der Waals surface area contributed by atoms with E-state index in [1.54, 1.807) is 0 Å². The molecule has 0 fully saturated rings. The molecule has 0 saturated heterocycles. The third-order valence-corrected chi connectivity index (χ3v) is 3.80. The molecular formula is C19H16F2N2O5. The highest BCUT2D eigenvalue weighted by molar-refractivity contribution is 5.90. The van der Waals surface area contributed by atoms with Crippen LogP contribution in [0.4, 0.5) is 8.78 Å². The van der Waals surface area contributed by atoms with Crippen molar-refractivity contribution < 1.29 is 32.3 Å². The van der Waals surface area contributed by atoms with Crippen LogP contribution < -0.4 is 9.47 Å². The molecule has 3 aromatic rings. The van der Waals surface area contributed by atoms with Gasteiger partial charge < -0.3 is 18.7 Å². The third-order valence-electron chi connectivity index (χ3n) is 3.80. The van der Waals surface area contributed by atoms with Gasteiger partial charge in [0.05, 0.1) is 12.7 Å². The van der Waals surface area contributed by atoms with Crippen molar-refractivity contribution >= 4 is 5.97 Å². The summed E-state index contributed by atoms with van der Waals surface area (Å²) in [5, 5.41) is 3.88. The fourth-order valence-electron chi connectivity index (χ4n) is 2.45. The standard InChI is InChI=1S/C19H16F2N2O5/c1-11-5-3-4-6-13(11)17-22-16(28-23-17)10-26-18(24)12-7-8-14(27-19(20)21)15(9-12)25-2/h3-9,19H,10H2,1-2H3. The molecule has 1 heterocycles. The summed E-state index contributed by atoms with van der Waals surface area (Å²) in [4.78, 5) is 16.4. The molecule has 146 valence electrons. The Kier molecular flexibility index (Phi) is 5.83. The van der Waals surface area contributed by atoms with E-state index in [0.717, 1.165) is 11.1 Å². The Balaban J connectivity index is 1.67. The number of hydrogen-bond donors (Lipinski definition) is 0. The molecule has 0 aliphatic carbocycles. The number of esters is 1.